The Balaban J connectivity index is 1.82. The average Bonchev–Trinajstić information content (AvgIpc) is 2.77. The van der Waals surface area contributed by atoms with Crippen molar-refractivity contribution in [1.29, 1.82) is 0 Å². The van der Waals surface area contributed by atoms with Crippen LogP contribution in [0.25, 0.3) is 0 Å². The average molecular weight is 412 g/mol. The summed E-state index contributed by atoms with van der Waals surface area (Å²) in [6, 6.07) is 10.1. The predicted octanol–water partition coefficient (Wildman–Crippen LogP) is 2.66. The number of para-hydroxylation sites is 1. The summed E-state index contributed by atoms with van der Waals surface area (Å²) in [6.45, 7) is 0.819. The molecule has 1 aliphatic rings. The quantitative estimate of drug-likeness (QED) is 0.729. The first kappa shape index (κ1) is 21.2. The Morgan fingerprint density at radius 3 is 2.27 bits per heavy atom. The number of benzene rings is 2. The molecule has 1 N–H and O–H groups in total. The number of aryl methyl sites for hydroxylation is 1. The zero-order valence-corrected chi connectivity index (χ0v) is 17.2. The summed E-state index contributed by atoms with van der Waals surface area (Å²) < 4.78 is 14.9. The molecule has 8 nitrogen and oxygen atoms in total. The van der Waals surface area contributed by atoms with Gasteiger partial charge in [-0.1, -0.05) is 12.1 Å². The molecule has 0 fully saturated rings. The third-order valence-corrected chi connectivity index (χ3v) is 4.89. The number of amides is 1. The number of methoxy groups -OCH3 is 3. The van der Waals surface area contributed by atoms with E-state index in [9.17, 15) is 14.4 Å². The molecule has 3 rings (SSSR count). The molecule has 0 bridgehead atoms. The van der Waals surface area contributed by atoms with Crippen molar-refractivity contribution in [3.8, 4) is 5.75 Å². The molecule has 1 aliphatic heterocycles. The second-order valence-corrected chi connectivity index (χ2v) is 6.82. The van der Waals surface area contributed by atoms with E-state index in [1.807, 2.05) is 23.1 Å². The molecule has 0 spiro atoms. The van der Waals surface area contributed by atoms with Gasteiger partial charge in [0.15, 0.2) is 0 Å². The molecular weight excluding hydrogens is 388 g/mol. The highest BCUT2D eigenvalue weighted by molar-refractivity contribution is 6.00. The smallest absolute Gasteiger partial charge is 0.337 e. The van der Waals surface area contributed by atoms with Crippen LogP contribution in [0.3, 0.4) is 0 Å². The molecule has 0 aromatic heterocycles. The Labute approximate surface area is 174 Å². The van der Waals surface area contributed by atoms with Gasteiger partial charge in [0.25, 0.3) is 0 Å². The maximum atomic E-state index is 12.8. The number of carbonyl (C=O) groups is 3. The van der Waals surface area contributed by atoms with Gasteiger partial charge >= 0.3 is 11.9 Å². The van der Waals surface area contributed by atoms with Gasteiger partial charge in [-0.25, -0.2) is 9.59 Å². The highest BCUT2D eigenvalue weighted by atomic mass is 16.5. The minimum Gasteiger partial charge on any atom is -0.495 e. The fourth-order valence-corrected chi connectivity index (χ4v) is 3.57. The highest BCUT2D eigenvalue weighted by Gasteiger charge is 2.23. The van der Waals surface area contributed by atoms with Gasteiger partial charge in [0.05, 0.1) is 44.7 Å². The van der Waals surface area contributed by atoms with Gasteiger partial charge in [0.1, 0.15) is 5.75 Å². The molecule has 1 amide bonds. The van der Waals surface area contributed by atoms with Gasteiger partial charge < -0.3 is 24.4 Å². The number of ether oxygens (including phenoxy) is 3. The van der Waals surface area contributed by atoms with Crippen molar-refractivity contribution in [3.05, 3.63) is 53.1 Å². The Hall–Kier alpha value is -3.55. The second kappa shape index (κ2) is 9.30. The van der Waals surface area contributed by atoms with Crippen LogP contribution in [0, 0.1) is 0 Å². The number of hydrogen-bond acceptors (Lipinski definition) is 7. The number of nitrogens with zero attached hydrogens (tertiary/aromatic N) is 1. The highest BCUT2D eigenvalue weighted by Crippen LogP contribution is 2.35. The van der Waals surface area contributed by atoms with E-state index >= 15 is 0 Å². The van der Waals surface area contributed by atoms with Crippen molar-refractivity contribution >= 4 is 29.2 Å². The lowest BCUT2D eigenvalue weighted by Crippen LogP contribution is -2.37. The van der Waals surface area contributed by atoms with Gasteiger partial charge in [0, 0.05) is 12.2 Å². The SMILES string of the molecule is COC(=O)c1cc(NC(=O)CN2CCCc3cccc(OC)c32)cc(C(=O)OC)c1. The lowest BCUT2D eigenvalue weighted by Gasteiger charge is -2.32. The van der Waals surface area contributed by atoms with Crippen LogP contribution >= 0.6 is 0 Å². The Bertz CT molecular complexity index is 924. The molecule has 0 unspecified atom stereocenters. The molecule has 2 aromatic carbocycles. The first-order chi connectivity index (χ1) is 14.5. The fourth-order valence-electron chi connectivity index (χ4n) is 3.57. The van der Waals surface area contributed by atoms with E-state index in [-0.39, 0.29) is 23.6 Å². The lowest BCUT2D eigenvalue weighted by molar-refractivity contribution is -0.115. The Morgan fingerprint density at radius 2 is 1.67 bits per heavy atom. The molecular formula is C22H24N2O6. The Morgan fingerprint density at radius 1 is 1.00 bits per heavy atom. The van der Waals surface area contributed by atoms with Crippen molar-refractivity contribution < 1.29 is 28.6 Å². The molecule has 0 atom stereocenters. The summed E-state index contributed by atoms with van der Waals surface area (Å²) in [5.74, 6) is -0.802. The lowest BCUT2D eigenvalue weighted by atomic mass is 10.0. The van der Waals surface area contributed by atoms with E-state index in [2.05, 4.69) is 5.32 Å². The van der Waals surface area contributed by atoms with Crippen LogP contribution in [0.15, 0.2) is 36.4 Å². The van der Waals surface area contributed by atoms with Gasteiger partial charge in [-0.15, -0.1) is 0 Å². The zero-order valence-electron chi connectivity index (χ0n) is 17.2. The zero-order chi connectivity index (χ0) is 21.7. The van der Waals surface area contributed by atoms with E-state index in [4.69, 9.17) is 14.2 Å². The number of fused-ring (bicyclic) bond motifs is 1. The van der Waals surface area contributed by atoms with Crippen molar-refractivity contribution in [1.82, 2.24) is 0 Å². The van der Waals surface area contributed by atoms with E-state index in [0.717, 1.165) is 36.4 Å². The van der Waals surface area contributed by atoms with Gasteiger partial charge in [-0.2, -0.15) is 0 Å². The van der Waals surface area contributed by atoms with Crippen LogP contribution in [-0.2, 0) is 20.7 Å². The molecule has 30 heavy (non-hydrogen) atoms. The third kappa shape index (κ3) is 4.53. The van der Waals surface area contributed by atoms with Crippen molar-refractivity contribution in [3.63, 3.8) is 0 Å². The van der Waals surface area contributed by atoms with Crippen LogP contribution < -0.4 is 15.0 Å². The number of anilines is 2. The number of carbonyl (C=O) groups excluding carboxylic acids is 3. The monoisotopic (exact) mass is 412 g/mol. The van der Waals surface area contributed by atoms with Gasteiger partial charge in [-0.05, 0) is 42.7 Å². The molecule has 1 heterocycles. The van der Waals surface area contributed by atoms with Crippen LogP contribution in [0.5, 0.6) is 5.75 Å². The summed E-state index contributed by atoms with van der Waals surface area (Å²) >= 11 is 0. The van der Waals surface area contributed by atoms with Gasteiger partial charge in [0.2, 0.25) is 5.91 Å². The molecule has 0 aliphatic carbocycles. The largest absolute Gasteiger partial charge is 0.495 e. The van der Waals surface area contributed by atoms with Crippen LogP contribution in [0.2, 0.25) is 0 Å². The van der Waals surface area contributed by atoms with E-state index in [1.54, 1.807) is 7.11 Å². The first-order valence-corrected chi connectivity index (χ1v) is 9.49. The molecule has 2 aromatic rings. The van der Waals surface area contributed by atoms with Crippen LogP contribution in [-0.4, -0.2) is 52.3 Å². The third-order valence-electron chi connectivity index (χ3n) is 4.89. The minimum atomic E-state index is -0.619. The maximum Gasteiger partial charge on any atom is 0.337 e. The normalized spacial score (nSPS) is 12.6. The van der Waals surface area contributed by atoms with Crippen molar-refractivity contribution in [2.24, 2.45) is 0 Å². The maximum absolute atomic E-state index is 12.8. The van der Waals surface area contributed by atoms with Crippen molar-refractivity contribution in [2.45, 2.75) is 12.8 Å². The molecule has 0 radical (unpaired) electrons. The molecule has 0 saturated heterocycles. The molecule has 158 valence electrons. The van der Waals surface area contributed by atoms with Gasteiger partial charge in [-0.3, -0.25) is 4.79 Å². The van der Waals surface area contributed by atoms with Crippen LogP contribution in [0.4, 0.5) is 11.4 Å². The predicted molar refractivity (Wildman–Crippen MR) is 111 cm³/mol. The number of hydrogen-bond donors (Lipinski definition) is 1. The summed E-state index contributed by atoms with van der Waals surface area (Å²) in [4.78, 5) is 38.6. The van der Waals surface area contributed by atoms with E-state index in [0.29, 0.717) is 5.69 Å². The van der Waals surface area contributed by atoms with Crippen LogP contribution in [0.1, 0.15) is 32.7 Å². The topological polar surface area (TPSA) is 94.2 Å². The van der Waals surface area contributed by atoms with E-state index in [1.165, 1.54) is 32.4 Å². The first-order valence-electron chi connectivity index (χ1n) is 9.49. The van der Waals surface area contributed by atoms with E-state index < -0.39 is 11.9 Å². The second-order valence-electron chi connectivity index (χ2n) is 6.82. The summed E-state index contributed by atoms with van der Waals surface area (Å²) in [5.41, 5.74) is 2.64. The standard InChI is InChI=1S/C22H24N2O6/c1-28-18-8-4-6-14-7-5-9-24(20(14)18)13-19(25)23-17-11-15(21(26)29-2)10-16(12-17)22(27)30-3/h4,6,8,10-12H,5,7,9,13H2,1-3H3,(H,23,25). The number of esters is 2. The fraction of sp³-hybridized carbons (Fsp3) is 0.318. The molecule has 0 saturated carbocycles. The van der Waals surface area contributed by atoms with Crippen molar-refractivity contribution in [2.75, 3.05) is 44.6 Å². The minimum absolute atomic E-state index is 0.101. The summed E-state index contributed by atoms with van der Waals surface area (Å²) in [7, 11) is 4.09. The Kier molecular flexibility index (Phi) is 6.56. The number of nitrogens with one attached hydrogen (secondary N) is 1. The number of rotatable bonds is 6. The summed E-state index contributed by atoms with van der Waals surface area (Å²) in [5, 5.41) is 2.76. The summed E-state index contributed by atoms with van der Waals surface area (Å²) in [6.07, 6.45) is 1.85. The molecule has 8 heteroatoms.